The molecule has 0 aliphatic rings. The molecule has 6 aromatic carbocycles. The molecule has 0 aliphatic heterocycles. The Morgan fingerprint density at radius 1 is 0.442 bits per heavy atom. The van der Waals surface area contributed by atoms with E-state index < -0.39 is 5.82 Å². The zero-order chi connectivity index (χ0) is 35.2. The Bertz CT molecular complexity index is 2770. The van der Waals surface area contributed by atoms with Gasteiger partial charge in [-0.05, 0) is 71.6 Å². The predicted octanol–water partition coefficient (Wildman–Crippen LogP) is 12.5. The van der Waals surface area contributed by atoms with Crippen LogP contribution in [0.25, 0.3) is 89.1 Å². The van der Waals surface area contributed by atoms with E-state index in [-0.39, 0.29) is 5.75 Å². The van der Waals surface area contributed by atoms with Crippen molar-refractivity contribution in [1.29, 1.82) is 0 Å². The van der Waals surface area contributed by atoms with Gasteiger partial charge < -0.3 is 9.52 Å². The second kappa shape index (κ2) is 12.8. The monoisotopic (exact) mass is 674 g/mol. The third-order valence-corrected chi connectivity index (χ3v) is 9.50. The smallest absolute Gasteiger partial charge is 0.143 e. The molecule has 0 saturated carbocycles. The summed E-state index contributed by atoms with van der Waals surface area (Å²) in [5, 5.41) is 12.8. The number of halogens is 1. The van der Waals surface area contributed by atoms with Crippen LogP contribution in [0, 0.1) is 12.7 Å². The molecule has 0 amide bonds. The number of phenolic OH excluding ortho intramolecular Hbond substituents is 1. The maximum atomic E-state index is 13.9. The van der Waals surface area contributed by atoms with E-state index in [4.69, 9.17) is 14.4 Å². The lowest BCUT2D eigenvalue weighted by molar-refractivity contribution is 0.471. The largest absolute Gasteiger partial charge is 0.507 e. The lowest BCUT2D eigenvalue weighted by atomic mass is 9.97. The lowest BCUT2D eigenvalue weighted by Crippen LogP contribution is -1.93. The van der Waals surface area contributed by atoms with Gasteiger partial charge in [0.2, 0.25) is 0 Å². The first-order chi connectivity index (χ1) is 25.5. The molecule has 248 valence electrons. The summed E-state index contributed by atoms with van der Waals surface area (Å²) in [6, 6.07) is 53.3. The molecule has 0 aliphatic carbocycles. The molecule has 9 aromatic rings. The second-order valence-electron chi connectivity index (χ2n) is 12.9. The van der Waals surface area contributed by atoms with Crippen molar-refractivity contribution in [3.8, 4) is 72.9 Å². The van der Waals surface area contributed by atoms with E-state index >= 15 is 0 Å². The van der Waals surface area contributed by atoms with Crippen molar-refractivity contribution < 1.29 is 13.9 Å². The highest BCUT2D eigenvalue weighted by Crippen LogP contribution is 2.41. The van der Waals surface area contributed by atoms with Crippen LogP contribution in [-0.2, 0) is 0 Å². The Morgan fingerprint density at radius 3 is 1.67 bits per heavy atom. The summed E-state index contributed by atoms with van der Waals surface area (Å²) in [5.74, 6) is -0.670. The number of fused-ring (bicyclic) bond motifs is 3. The fourth-order valence-electron chi connectivity index (χ4n) is 7.04. The molecule has 5 heteroatoms. The van der Waals surface area contributed by atoms with Crippen molar-refractivity contribution in [3.63, 3.8) is 0 Å². The van der Waals surface area contributed by atoms with Crippen LogP contribution in [0.5, 0.6) is 5.75 Å². The summed E-state index contributed by atoms with van der Waals surface area (Å²) >= 11 is 0. The minimum absolute atomic E-state index is 0.162. The third kappa shape index (κ3) is 5.68. The van der Waals surface area contributed by atoms with Gasteiger partial charge >= 0.3 is 0 Å². The van der Waals surface area contributed by atoms with Gasteiger partial charge in [0, 0.05) is 50.4 Å². The van der Waals surface area contributed by atoms with Crippen LogP contribution in [0.3, 0.4) is 0 Å². The summed E-state index contributed by atoms with van der Waals surface area (Å²) in [6.45, 7) is 2.01. The molecular formula is C47H31FN2O2. The summed E-state index contributed by atoms with van der Waals surface area (Å²) < 4.78 is 20.7. The van der Waals surface area contributed by atoms with Gasteiger partial charge in [-0.3, -0.25) is 4.98 Å². The van der Waals surface area contributed by atoms with Crippen molar-refractivity contribution in [2.24, 2.45) is 0 Å². The van der Waals surface area contributed by atoms with E-state index in [0.717, 1.165) is 89.6 Å². The van der Waals surface area contributed by atoms with E-state index in [9.17, 15) is 9.50 Å². The summed E-state index contributed by atoms with van der Waals surface area (Å²) in [6.07, 6.45) is 0. The minimum atomic E-state index is -0.507. The molecule has 0 unspecified atom stereocenters. The van der Waals surface area contributed by atoms with Crippen LogP contribution >= 0.6 is 0 Å². The van der Waals surface area contributed by atoms with Crippen molar-refractivity contribution >= 4 is 21.9 Å². The average molecular weight is 675 g/mol. The van der Waals surface area contributed by atoms with Gasteiger partial charge in [-0.1, -0.05) is 115 Å². The highest BCUT2D eigenvalue weighted by Gasteiger charge is 2.18. The highest BCUT2D eigenvalue weighted by molar-refractivity contribution is 6.13. The number of aryl methyl sites for hydroxylation is 1. The molecule has 52 heavy (non-hydrogen) atoms. The number of furan rings is 1. The molecule has 3 heterocycles. The van der Waals surface area contributed by atoms with Crippen LogP contribution in [-0.4, -0.2) is 15.1 Å². The maximum Gasteiger partial charge on any atom is 0.143 e. The van der Waals surface area contributed by atoms with Crippen LogP contribution in [0.4, 0.5) is 4.39 Å². The average Bonchev–Trinajstić information content (AvgIpc) is 3.57. The molecule has 0 spiro atoms. The number of benzene rings is 6. The predicted molar refractivity (Wildman–Crippen MR) is 208 cm³/mol. The molecule has 3 aromatic heterocycles. The summed E-state index contributed by atoms with van der Waals surface area (Å²) in [5.41, 5.74) is 13.1. The molecular weight excluding hydrogens is 644 g/mol. The number of pyridine rings is 2. The highest BCUT2D eigenvalue weighted by atomic mass is 19.1. The number of nitrogens with zero attached hydrogens (tertiary/aromatic N) is 2. The van der Waals surface area contributed by atoms with Gasteiger partial charge in [0.15, 0.2) is 0 Å². The van der Waals surface area contributed by atoms with Gasteiger partial charge in [-0.15, -0.1) is 0 Å². The molecule has 0 saturated heterocycles. The van der Waals surface area contributed by atoms with E-state index in [1.165, 1.54) is 6.07 Å². The number of aromatic nitrogens is 2. The van der Waals surface area contributed by atoms with Crippen LogP contribution in [0.1, 0.15) is 5.69 Å². The zero-order valence-corrected chi connectivity index (χ0v) is 28.2. The number of aromatic hydroxyl groups is 1. The van der Waals surface area contributed by atoms with Gasteiger partial charge in [0.05, 0.1) is 17.1 Å². The Kier molecular flexibility index (Phi) is 7.67. The Morgan fingerprint density at radius 2 is 1.00 bits per heavy atom. The van der Waals surface area contributed by atoms with E-state index in [1.807, 2.05) is 79.7 Å². The van der Waals surface area contributed by atoms with Crippen LogP contribution in [0.15, 0.2) is 168 Å². The molecule has 0 fully saturated rings. The maximum absolute atomic E-state index is 13.9. The normalized spacial score (nSPS) is 11.3. The number of phenols is 1. The third-order valence-electron chi connectivity index (χ3n) is 9.50. The molecule has 0 bridgehead atoms. The van der Waals surface area contributed by atoms with Crippen LogP contribution in [0.2, 0.25) is 0 Å². The number of rotatable bonds is 6. The molecule has 9 rings (SSSR count). The first-order valence-electron chi connectivity index (χ1n) is 17.1. The first-order valence-corrected chi connectivity index (χ1v) is 17.1. The Labute approximate surface area is 300 Å². The van der Waals surface area contributed by atoms with Crippen molar-refractivity contribution in [1.82, 2.24) is 9.97 Å². The van der Waals surface area contributed by atoms with Gasteiger partial charge in [0.25, 0.3) is 0 Å². The van der Waals surface area contributed by atoms with E-state index in [2.05, 4.69) is 72.8 Å². The van der Waals surface area contributed by atoms with Crippen LogP contribution < -0.4 is 0 Å². The summed E-state index contributed by atoms with van der Waals surface area (Å²) in [7, 11) is 0. The van der Waals surface area contributed by atoms with Crippen molar-refractivity contribution in [2.75, 3.05) is 0 Å². The molecule has 4 nitrogen and oxygen atoms in total. The van der Waals surface area contributed by atoms with Gasteiger partial charge in [-0.25, -0.2) is 9.37 Å². The number of hydrogen-bond acceptors (Lipinski definition) is 4. The number of hydrogen-bond donors (Lipinski definition) is 1. The minimum Gasteiger partial charge on any atom is -0.507 e. The quantitative estimate of drug-likeness (QED) is 0.191. The molecule has 0 radical (unpaired) electrons. The SMILES string of the molecule is Cc1cc(-c2cccc3c2oc2c(-c4ccccc4)cccc23)cc(-c2cccc(-c3cc(-c4ccccc4)cc(-c4ccc(F)cc4O)n3)c2)n1. The fraction of sp³-hybridized carbons (Fsp3) is 0.0213. The molecule has 0 atom stereocenters. The summed E-state index contributed by atoms with van der Waals surface area (Å²) in [4.78, 5) is 9.95. The van der Waals surface area contributed by atoms with Gasteiger partial charge in [0.1, 0.15) is 22.7 Å². The second-order valence-corrected chi connectivity index (χ2v) is 12.9. The van der Waals surface area contributed by atoms with E-state index in [0.29, 0.717) is 11.3 Å². The zero-order valence-electron chi connectivity index (χ0n) is 28.2. The molecule has 1 N–H and O–H groups in total. The van der Waals surface area contributed by atoms with Crippen molar-refractivity contribution in [2.45, 2.75) is 6.92 Å². The lowest BCUT2D eigenvalue weighted by Gasteiger charge is -2.13. The van der Waals surface area contributed by atoms with E-state index in [1.54, 1.807) is 6.07 Å². The van der Waals surface area contributed by atoms with Gasteiger partial charge in [-0.2, -0.15) is 0 Å². The standard InChI is InChI=1S/C47H31FN2O2/c1-29-23-35(38-18-10-20-40-39-19-9-17-37(46(39)52-47(38)40)31-13-6-3-7-14-31)27-42(49-29)32-15-8-16-33(24-32)43-25-34(30-11-4-2-5-12-30)26-44(50-43)41-22-21-36(48)28-45(41)51/h2-28,51H,1H3. The number of para-hydroxylation sites is 2. The van der Waals surface area contributed by atoms with Crippen molar-refractivity contribution in [3.05, 3.63) is 175 Å². The Balaban J connectivity index is 1.16. The first kappa shape index (κ1) is 31.2. The Hall–Kier alpha value is -6.85. The fourth-order valence-corrected chi connectivity index (χ4v) is 7.04. The topological polar surface area (TPSA) is 59.2 Å².